The van der Waals surface area contributed by atoms with Crippen LogP contribution in [-0.2, 0) is 0 Å². The Morgan fingerprint density at radius 2 is 2.12 bits per heavy atom. The number of benzene rings is 1. The van der Waals surface area contributed by atoms with E-state index in [0.717, 1.165) is 6.54 Å². The monoisotopic (exact) mass is 232 g/mol. The quantitative estimate of drug-likeness (QED) is 0.840. The zero-order chi connectivity index (χ0) is 12.1. The fourth-order valence-electron chi connectivity index (χ4n) is 2.60. The molecule has 0 spiro atoms. The van der Waals surface area contributed by atoms with Crippen LogP contribution in [0.25, 0.3) is 0 Å². The van der Waals surface area contributed by atoms with Gasteiger partial charge in [0.2, 0.25) is 0 Å². The maximum atomic E-state index is 3.63. The largest absolute Gasteiger partial charge is 0.313 e. The van der Waals surface area contributed by atoms with Crippen molar-refractivity contribution in [3.05, 3.63) is 35.9 Å². The SMILES string of the molecule is CCCNC1CCN(C(C)c2ccccc2)C1. The zero-order valence-corrected chi connectivity index (χ0v) is 11.0. The van der Waals surface area contributed by atoms with Gasteiger partial charge in [0, 0.05) is 25.2 Å². The van der Waals surface area contributed by atoms with Gasteiger partial charge in [-0.3, -0.25) is 4.90 Å². The predicted molar refractivity (Wildman–Crippen MR) is 73.1 cm³/mol. The summed E-state index contributed by atoms with van der Waals surface area (Å²) < 4.78 is 0. The molecule has 1 fully saturated rings. The lowest BCUT2D eigenvalue weighted by Crippen LogP contribution is -2.33. The Morgan fingerprint density at radius 1 is 1.35 bits per heavy atom. The second-order valence-electron chi connectivity index (χ2n) is 5.02. The van der Waals surface area contributed by atoms with Gasteiger partial charge in [-0.05, 0) is 31.9 Å². The van der Waals surface area contributed by atoms with E-state index in [-0.39, 0.29) is 0 Å². The van der Waals surface area contributed by atoms with Crippen LogP contribution in [0.4, 0.5) is 0 Å². The van der Waals surface area contributed by atoms with E-state index >= 15 is 0 Å². The van der Waals surface area contributed by atoms with E-state index in [4.69, 9.17) is 0 Å². The number of nitrogens with one attached hydrogen (secondary N) is 1. The van der Waals surface area contributed by atoms with Crippen LogP contribution in [0.1, 0.15) is 38.3 Å². The van der Waals surface area contributed by atoms with Crippen LogP contribution in [-0.4, -0.2) is 30.6 Å². The summed E-state index contributed by atoms with van der Waals surface area (Å²) in [5.74, 6) is 0. The van der Waals surface area contributed by atoms with Crippen molar-refractivity contribution in [3.63, 3.8) is 0 Å². The van der Waals surface area contributed by atoms with Gasteiger partial charge >= 0.3 is 0 Å². The topological polar surface area (TPSA) is 15.3 Å². The van der Waals surface area contributed by atoms with E-state index in [0.29, 0.717) is 12.1 Å². The highest BCUT2D eigenvalue weighted by Crippen LogP contribution is 2.24. The molecule has 1 heterocycles. The Hall–Kier alpha value is -0.860. The molecule has 2 nitrogen and oxygen atoms in total. The first kappa shape index (κ1) is 12.6. The van der Waals surface area contributed by atoms with Gasteiger partial charge in [-0.25, -0.2) is 0 Å². The van der Waals surface area contributed by atoms with Gasteiger partial charge in [-0.2, -0.15) is 0 Å². The summed E-state index contributed by atoms with van der Waals surface area (Å²) >= 11 is 0. The molecule has 2 heteroatoms. The van der Waals surface area contributed by atoms with Gasteiger partial charge in [0.1, 0.15) is 0 Å². The summed E-state index contributed by atoms with van der Waals surface area (Å²) in [4.78, 5) is 2.59. The van der Waals surface area contributed by atoms with Gasteiger partial charge in [-0.1, -0.05) is 37.3 Å². The molecule has 1 aromatic carbocycles. The van der Waals surface area contributed by atoms with E-state index in [1.54, 1.807) is 0 Å². The second kappa shape index (κ2) is 6.18. The first-order valence-corrected chi connectivity index (χ1v) is 6.83. The number of hydrogen-bond donors (Lipinski definition) is 1. The standard InChI is InChI=1S/C15H24N2/c1-3-10-16-15-9-11-17(12-15)13(2)14-7-5-4-6-8-14/h4-8,13,15-16H,3,9-12H2,1-2H3. The fraction of sp³-hybridized carbons (Fsp3) is 0.600. The van der Waals surface area contributed by atoms with Crippen molar-refractivity contribution in [3.8, 4) is 0 Å². The lowest BCUT2D eigenvalue weighted by molar-refractivity contribution is 0.256. The van der Waals surface area contributed by atoms with Crippen LogP contribution in [0.2, 0.25) is 0 Å². The Labute approximate surface area is 105 Å². The smallest absolute Gasteiger partial charge is 0.0320 e. The molecule has 1 aromatic rings. The van der Waals surface area contributed by atoms with Crippen LogP contribution in [0, 0.1) is 0 Å². The third-order valence-corrected chi connectivity index (χ3v) is 3.73. The van der Waals surface area contributed by atoms with Gasteiger partial charge in [0.25, 0.3) is 0 Å². The Morgan fingerprint density at radius 3 is 2.82 bits per heavy atom. The first-order valence-electron chi connectivity index (χ1n) is 6.83. The van der Waals surface area contributed by atoms with E-state index in [1.807, 2.05) is 0 Å². The molecule has 0 bridgehead atoms. The summed E-state index contributed by atoms with van der Waals surface area (Å²) in [6, 6.07) is 12.1. The summed E-state index contributed by atoms with van der Waals surface area (Å²) in [7, 11) is 0. The predicted octanol–water partition coefficient (Wildman–Crippen LogP) is 2.82. The molecule has 17 heavy (non-hydrogen) atoms. The average Bonchev–Trinajstić information content (AvgIpc) is 2.85. The van der Waals surface area contributed by atoms with Gasteiger partial charge in [0.15, 0.2) is 0 Å². The van der Waals surface area contributed by atoms with Crippen molar-refractivity contribution in [1.82, 2.24) is 10.2 Å². The van der Waals surface area contributed by atoms with Crippen molar-refractivity contribution in [2.75, 3.05) is 19.6 Å². The third-order valence-electron chi connectivity index (χ3n) is 3.73. The molecule has 2 unspecified atom stereocenters. The highest BCUT2D eigenvalue weighted by Gasteiger charge is 2.25. The number of rotatable bonds is 5. The van der Waals surface area contributed by atoms with Gasteiger partial charge in [0.05, 0.1) is 0 Å². The molecule has 0 aromatic heterocycles. The molecule has 0 saturated carbocycles. The van der Waals surface area contributed by atoms with Crippen molar-refractivity contribution in [1.29, 1.82) is 0 Å². The van der Waals surface area contributed by atoms with E-state index in [9.17, 15) is 0 Å². The number of nitrogens with zero attached hydrogens (tertiary/aromatic N) is 1. The lowest BCUT2D eigenvalue weighted by Gasteiger charge is -2.24. The van der Waals surface area contributed by atoms with Crippen LogP contribution >= 0.6 is 0 Å². The molecule has 1 N–H and O–H groups in total. The van der Waals surface area contributed by atoms with Crippen LogP contribution in [0.15, 0.2) is 30.3 Å². The summed E-state index contributed by atoms with van der Waals surface area (Å²) in [6.45, 7) is 8.11. The molecule has 0 radical (unpaired) electrons. The Balaban J connectivity index is 1.88. The second-order valence-corrected chi connectivity index (χ2v) is 5.02. The van der Waals surface area contributed by atoms with Crippen LogP contribution < -0.4 is 5.32 Å². The molecule has 1 aliphatic rings. The molecular weight excluding hydrogens is 208 g/mol. The maximum Gasteiger partial charge on any atom is 0.0320 e. The summed E-state index contributed by atoms with van der Waals surface area (Å²) in [5, 5.41) is 3.63. The minimum Gasteiger partial charge on any atom is -0.313 e. The van der Waals surface area contributed by atoms with Crippen LogP contribution in [0.3, 0.4) is 0 Å². The van der Waals surface area contributed by atoms with E-state index in [1.165, 1.54) is 31.5 Å². The van der Waals surface area contributed by atoms with Crippen molar-refractivity contribution >= 4 is 0 Å². The molecule has 1 aliphatic heterocycles. The number of likely N-dealkylation sites (tertiary alicyclic amines) is 1. The fourth-order valence-corrected chi connectivity index (χ4v) is 2.60. The number of hydrogen-bond acceptors (Lipinski definition) is 2. The van der Waals surface area contributed by atoms with Crippen molar-refractivity contribution in [2.24, 2.45) is 0 Å². The normalized spacial score (nSPS) is 22.8. The third kappa shape index (κ3) is 3.30. The van der Waals surface area contributed by atoms with Gasteiger partial charge < -0.3 is 5.32 Å². The molecule has 0 amide bonds. The molecule has 2 atom stereocenters. The highest BCUT2D eigenvalue weighted by molar-refractivity contribution is 5.18. The zero-order valence-electron chi connectivity index (χ0n) is 11.0. The first-order chi connectivity index (χ1) is 8.31. The molecular formula is C15H24N2. The Bertz CT molecular complexity index is 323. The molecule has 0 aliphatic carbocycles. The minimum absolute atomic E-state index is 0.546. The summed E-state index contributed by atoms with van der Waals surface area (Å²) in [5.41, 5.74) is 1.43. The molecule has 1 saturated heterocycles. The molecule has 94 valence electrons. The Kier molecular flexibility index (Phi) is 4.57. The summed E-state index contributed by atoms with van der Waals surface area (Å²) in [6.07, 6.45) is 2.52. The minimum atomic E-state index is 0.546. The van der Waals surface area contributed by atoms with Gasteiger partial charge in [-0.15, -0.1) is 0 Å². The maximum absolute atomic E-state index is 3.63. The van der Waals surface area contributed by atoms with Crippen molar-refractivity contribution < 1.29 is 0 Å². The molecule has 2 rings (SSSR count). The lowest BCUT2D eigenvalue weighted by atomic mass is 10.1. The van der Waals surface area contributed by atoms with E-state index < -0.39 is 0 Å². The van der Waals surface area contributed by atoms with Crippen LogP contribution in [0.5, 0.6) is 0 Å². The van der Waals surface area contributed by atoms with E-state index in [2.05, 4.69) is 54.4 Å². The highest BCUT2D eigenvalue weighted by atomic mass is 15.2. The van der Waals surface area contributed by atoms with Crippen molar-refractivity contribution in [2.45, 2.75) is 38.8 Å². The average molecular weight is 232 g/mol.